The minimum atomic E-state index is -4.61. The van der Waals surface area contributed by atoms with E-state index in [-0.39, 0.29) is 30.6 Å². The fourth-order valence-corrected chi connectivity index (χ4v) is 1.58. The van der Waals surface area contributed by atoms with Crippen LogP contribution in [0.1, 0.15) is 34.8 Å². The van der Waals surface area contributed by atoms with Crippen LogP contribution in [-0.2, 0) is 22.1 Å². The molecule has 1 aromatic rings. The Morgan fingerprint density at radius 1 is 1.25 bits per heavy atom. The summed E-state index contributed by atoms with van der Waals surface area (Å²) in [7, 11) is 0. The van der Waals surface area contributed by atoms with Crippen molar-refractivity contribution in [3.05, 3.63) is 34.9 Å². The van der Waals surface area contributed by atoms with Gasteiger partial charge in [0.25, 0.3) is 0 Å². The number of carbonyl (C=O) groups is 2. The molecular formula is C13H13F3O4. The van der Waals surface area contributed by atoms with Crippen LogP contribution in [0.2, 0.25) is 0 Å². The first kappa shape index (κ1) is 16.0. The van der Waals surface area contributed by atoms with E-state index in [0.717, 1.165) is 6.07 Å². The van der Waals surface area contributed by atoms with E-state index >= 15 is 0 Å². The zero-order valence-corrected chi connectivity index (χ0v) is 10.7. The van der Waals surface area contributed by atoms with Crippen LogP contribution in [0.3, 0.4) is 0 Å². The lowest BCUT2D eigenvalue weighted by Gasteiger charge is -2.11. The smallest absolute Gasteiger partial charge is 0.416 e. The number of rotatable bonds is 5. The maximum absolute atomic E-state index is 12.7. The lowest BCUT2D eigenvalue weighted by molar-refractivity contribution is -0.137. The number of halogens is 3. The first-order valence-corrected chi connectivity index (χ1v) is 5.84. The number of alkyl halides is 3. The van der Waals surface area contributed by atoms with Gasteiger partial charge in [0.2, 0.25) is 0 Å². The lowest BCUT2D eigenvalue weighted by atomic mass is 10.0. The van der Waals surface area contributed by atoms with Crippen LogP contribution >= 0.6 is 0 Å². The summed E-state index contributed by atoms with van der Waals surface area (Å²) < 4.78 is 42.8. The second-order valence-corrected chi connectivity index (χ2v) is 4.03. The molecule has 0 heterocycles. The van der Waals surface area contributed by atoms with Crippen LogP contribution in [0, 0.1) is 0 Å². The van der Waals surface area contributed by atoms with E-state index in [1.807, 2.05) is 0 Å². The minimum absolute atomic E-state index is 0.0412. The van der Waals surface area contributed by atoms with Crippen LogP contribution in [0.4, 0.5) is 13.2 Å². The number of carboxylic acids is 1. The van der Waals surface area contributed by atoms with Gasteiger partial charge in [-0.15, -0.1) is 0 Å². The van der Waals surface area contributed by atoms with Gasteiger partial charge in [0.15, 0.2) is 0 Å². The van der Waals surface area contributed by atoms with Gasteiger partial charge in [-0.1, -0.05) is 0 Å². The largest absolute Gasteiger partial charge is 0.481 e. The van der Waals surface area contributed by atoms with Crippen molar-refractivity contribution in [3.8, 4) is 0 Å². The summed E-state index contributed by atoms with van der Waals surface area (Å²) in [5.41, 5.74) is -1.10. The maximum Gasteiger partial charge on any atom is 0.416 e. The van der Waals surface area contributed by atoms with Gasteiger partial charge < -0.3 is 9.84 Å². The van der Waals surface area contributed by atoms with Crippen molar-refractivity contribution in [2.45, 2.75) is 25.9 Å². The van der Waals surface area contributed by atoms with Crippen LogP contribution in [0.15, 0.2) is 18.2 Å². The van der Waals surface area contributed by atoms with Gasteiger partial charge in [0.05, 0.1) is 17.7 Å². The van der Waals surface area contributed by atoms with Crippen LogP contribution in [0.5, 0.6) is 0 Å². The molecule has 0 bridgehead atoms. The van der Waals surface area contributed by atoms with E-state index in [9.17, 15) is 22.8 Å². The molecule has 20 heavy (non-hydrogen) atoms. The van der Waals surface area contributed by atoms with E-state index in [0.29, 0.717) is 6.07 Å². The average molecular weight is 290 g/mol. The van der Waals surface area contributed by atoms with E-state index in [1.165, 1.54) is 13.0 Å². The molecule has 0 atom stereocenters. The number of aliphatic carboxylic acids is 1. The number of benzene rings is 1. The molecule has 0 unspecified atom stereocenters. The van der Waals surface area contributed by atoms with Crippen molar-refractivity contribution in [1.82, 2.24) is 0 Å². The monoisotopic (exact) mass is 290 g/mol. The summed E-state index contributed by atoms with van der Waals surface area (Å²) in [6.45, 7) is 1.58. The molecule has 1 rings (SSSR count). The quantitative estimate of drug-likeness (QED) is 0.847. The van der Waals surface area contributed by atoms with Crippen LogP contribution in [0.25, 0.3) is 0 Å². The predicted octanol–water partition coefficient (Wildman–Crippen LogP) is 2.90. The second-order valence-electron chi connectivity index (χ2n) is 4.03. The molecule has 0 aliphatic carbocycles. The first-order valence-electron chi connectivity index (χ1n) is 5.84. The van der Waals surface area contributed by atoms with E-state index in [1.54, 1.807) is 0 Å². The highest BCUT2D eigenvalue weighted by molar-refractivity contribution is 5.90. The van der Waals surface area contributed by atoms with Gasteiger partial charge in [-0.3, -0.25) is 4.79 Å². The zero-order chi connectivity index (χ0) is 15.3. The number of aryl methyl sites for hydroxylation is 1. The lowest BCUT2D eigenvalue weighted by Crippen LogP contribution is -2.11. The van der Waals surface area contributed by atoms with Gasteiger partial charge >= 0.3 is 18.1 Å². The summed E-state index contributed by atoms with van der Waals surface area (Å²) in [6.07, 6.45) is -5.02. The summed E-state index contributed by atoms with van der Waals surface area (Å²) in [5.74, 6) is -1.99. The molecule has 0 spiro atoms. The fourth-order valence-electron chi connectivity index (χ4n) is 1.58. The number of esters is 1. The molecule has 7 heteroatoms. The Hall–Kier alpha value is -2.05. The van der Waals surface area contributed by atoms with Crippen molar-refractivity contribution in [2.24, 2.45) is 0 Å². The highest BCUT2D eigenvalue weighted by atomic mass is 19.4. The number of carbonyl (C=O) groups excluding carboxylic acids is 1. The second kappa shape index (κ2) is 6.40. The SMILES string of the molecule is CCOC(=O)c1cc(CCC(=O)O)cc(C(F)(F)F)c1. The first-order chi connectivity index (χ1) is 9.24. The number of hydrogen-bond donors (Lipinski definition) is 1. The standard InChI is InChI=1S/C13H13F3O4/c1-2-20-12(19)9-5-8(3-4-11(17)18)6-10(7-9)13(14,15)16/h5-7H,2-4H2,1H3,(H,17,18). The number of hydrogen-bond acceptors (Lipinski definition) is 3. The Bertz CT molecular complexity index is 509. The molecule has 0 aliphatic rings. The molecule has 0 radical (unpaired) electrons. The Labute approximate surface area is 113 Å². The highest BCUT2D eigenvalue weighted by Crippen LogP contribution is 2.31. The van der Waals surface area contributed by atoms with Crippen molar-refractivity contribution < 1.29 is 32.6 Å². The Morgan fingerprint density at radius 3 is 2.40 bits per heavy atom. The fraction of sp³-hybridized carbons (Fsp3) is 0.385. The van der Waals surface area contributed by atoms with Gasteiger partial charge in [-0.05, 0) is 37.1 Å². The average Bonchev–Trinajstić information content (AvgIpc) is 2.35. The molecule has 0 aromatic heterocycles. The molecule has 0 saturated heterocycles. The summed E-state index contributed by atoms with van der Waals surface area (Å²) in [4.78, 5) is 22.0. The molecule has 0 fully saturated rings. The third kappa shape index (κ3) is 4.56. The van der Waals surface area contributed by atoms with Crippen molar-refractivity contribution in [1.29, 1.82) is 0 Å². The molecule has 1 aromatic carbocycles. The Balaban J connectivity index is 3.14. The van der Waals surface area contributed by atoms with Gasteiger partial charge in [-0.25, -0.2) is 4.79 Å². The highest BCUT2D eigenvalue weighted by Gasteiger charge is 2.32. The Morgan fingerprint density at radius 2 is 1.90 bits per heavy atom. The van der Waals surface area contributed by atoms with Gasteiger partial charge in [-0.2, -0.15) is 13.2 Å². The molecule has 110 valence electrons. The Kier molecular flexibility index (Phi) is 5.12. The summed E-state index contributed by atoms with van der Waals surface area (Å²) >= 11 is 0. The van der Waals surface area contributed by atoms with Crippen molar-refractivity contribution >= 4 is 11.9 Å². The molecule has 0 saturated carbocycles. The minimum Gasteiger partial charge on any atom is -0.481 e. The topological polar surface area (TPSA) is 63.6 Å². The number of ether oxygens (including phenoxy) is 1. The number of carboxylic acid groups (broad SMARTS) is 1. The van der Waals surface area contributed by atoms with Gasteiger partial charge in [0, 0.05) is 6.42 Å². The third-order valence-electron chi connectivity index (χ3n) is 2.46. The maximum atomic E-state index is 12.7. The molecular weight excluding hydrogens is 277 g/mol. The zero-order valence-electron chi connectivity index (χ0n) is 10.7. The normalized spacial score (nSPS) is 11.2. The van der Waals surface area contributed by atoms with Crippen LogP contribution in [-0.4, -0.2) is 23.7 Å². The summed E-state index contributed by atoms with van der Waals surface area (Å²) in [6, 6.07) is 2.75. The molecule has 1 N–H and O–H groups in total. The van der Waals surface area contributed by atoms with E-state index in [4.69, 9.17) is 5.11 Å². The van der Waals surface area contributed by atoms with Crippen molar-refractivity contribution in [3.63, 3.8) is 0 Å². The molecule has 4 nitrogen and oxygen atoms in total. The van der Waals surface area contributed by atoms with E-state index < -0.39 is 23.7 Å². The van der Waals surface area contributed by atoms with Crippen molar-refractivity contribution in [2.75, 3.05) is 6.61 Å². The molecule has 0 amide bonds. The van der Waals surface area contributed by atoms with Crippen LogP contribution < -0.4 is 0 Å². The molecule has 0 aliphatic heterocycles. The third-order valence-corrected chi connectivity index (χ3v) is 2.46. The van der Waals surface area contributed by atoms with Gasteiger partial charge in [0.1, 0.15) is 0 Å². The predicted molar refractivity (Wildman–Crippen MR) is 63.4 cm³/mol. The van der Waals surface area contributed by atoms with E-state index in [2.05, 4.69) is 4.74 Å². The summed E-state index contributed by atoms with van der Waals surface area (Å²) in [5, 5.41) is 8.55.